The van der Waals surface area contributed by atoms with Gasteiger partial charge in [-0.25, -0.2) is 5.43 Å². The molecule has 2 rings (SSSR count). The van der Waals surface area contributed by atoms with E-state index in [1.54, 1.807) is 18.2 Å². The molecule has 1 saturated heterocycles. The predicted molar refractivity (Wildman–Crippen MR) is 78.8 cm³/mol. The molecule has 0 unspecified atom stereocenters. The number of hydrazone groups is 1. The van der Waals surface area contributed by atoms with Crippen molar-refractivity contribution in [3.63, 3.8) is 0 Å². The Labute approximate surface area is 119 Å². The van der Waals surface area contributed by atoms with Crippen molar-refractivity contribution in [3.05, 3.63) is 29.8 Å². The highest BCUT2D eigenvalue weighted by Gasteiger charge is 2.11. The van der Waals surface area contributed by atoms with E-state index in [9.17, 15) is 9.90 Å². The van der Waals surface area contributed by atoms with Crippen molar-refractivity contribution in [1.82, 2.24) is 10.3 Å². The molecule has 0 bridgehead atoms. The summed E-state index contributed by atoms with van der Waals surface area (Å²) in [5.74, 6) is 0.109. The van der Waals surface area contributed by atoms with Crippen LogP contribution in [0.2, 0.25) is 0 Å². The van der Waals surface area contributed by atoms with Crippen LogP contribution >= 0.6 is 0 Å². The molecule has 0 saturated carbocycles. The Balaban J connectivity index is 1.69. The number of benzene rings is 1. The van der Waals surface area contributed by atoms with E-state index < -0.39 is 0 Å². The lowest BCUT2D eigenvalue weighted by atomic mass is 10.1. The topological polar surface area (TPSA) is 64.9 Å². The smallest absolute Gasteiger partial charge is 0.241 e. The molecular formula is C15H21N3O2. The molecule has 0 aliphatic carbocycles. The van der Waals surface area contributed by atoms with Gasteiger partial charge < -0.3 is 10.0 Å². The Morgan fingerprint density at radius 2 is 2.15 bits per heavy atom. The van der Waals surface area contributed by atoms with Crippen molar-refractivity contribution < 1.29 is 9.90 Å². The first-order chi connectivity index (χ1) is 9.74. The van der Waals surface area contributed by atoms with Gasteiger partial charge in [-0.3, -0.25) is 4.79 Å². The molecule has 1 amide bonds. The van der Waals surface area contributed by atoms with Crippen molar-refractivity contribution >= 4 is 12.1 Å². The Hall–Kier alpha value is -1.88. The largest absolute Gasteiger partial charge is 0.508 e. The molecule has 1 aliphatic rings. The molecule has 0 aromatic heterocycles. The third kappa shape index (κ3) is 5.01. The van der Waals surface area contributed by atoms with Crippen LogP contribution in [0.15, 0.2) is 29.4 Å². The number of phenolic OH excluding ortho intramolecular Hbond substituents is 1. The summed E-state index contributed by atoms with van der Waals surface area (Å²) in [5, 5.41) is 13.2. The van der Waals surface area contributed by atoms with E-state index >= 15 is 0 Å². The van der Waals surface area contributed by atoms with Gasteiger partial charge in [-0.05, 0) is 43.6 Å². The minimum absolute atomic E-state index is 0.0769. The van der Waals surface area contributed by atoms with Crippen LogP contribution in [0.1, 0.15) is 31.2 Å². The summed E-state index contributed by atoms with van der Waals surface area (Å²) in [4.78, 5) is 14.0. The molecule has 108 valence electrons. The van der Waals surface area contributed by atoms with Crippen LogP contribution in [0.5, 0.6) is 5.75 Å². The third-order valence-electron chi connectivity index (χ3n) is 3.38. The van der Waals surface area contributed by atoms with E-state index in [4.69, 9.17) is 0 Å². The zero-order valence-electron chi connectivity index (χ0n) is 11.6. The standard InChI is InChI=1S/C15H21N3O2/c19-14-6-4-5-13(11-14)12-16-17-15(20)7-10-18-8-2-1-3-9-18/h4-6,11-12,19H,1-3,7-10H2,(H,17,20). The monoisotopic (exact) mass is 275 g/mol. The maximum atomic E-state index is 11.6. The van der Waals surface area contributed by atoms with Gasteiger partial charge in [-0.1, -0.05) is 18.6 Å². The molecule has 1 aromatic carbocycles. The van der Waals surface area contributed by atoms with Gasteiger partial charge in [0.15, 0.2) is 0 Å². The second-order valence-electron chi connectivity index (χ2n) is 5.04. The van der Waals surface area contributed by atoms with Gasteiger partial charge in [-0.2, -0.15) is 5.10 Å². The summed E-state index contributed by atoms with van der Waals surface area (Å²) in [6.45, 7) is 2.99. The maximum absolute atomic E-state index is 11.6. The summed E-state index contributed by atoms with van der Waals surface area (Å²) in [6.07, 6.45) is 5.77. The third-order valence-corrected chi connectivity index (χ3v) is 3.38. The molecule has 1 aromatic rings. The van der Waals surface area contributed by atoms with Crippen molar-refractivity contribution in [2.75, 3.05) is 19.6 Å². The number of phenols is 1. The van der Waals surface area contributed by atoms with Crippen LogP contribution in [0, 0.1) is 0 Å². The second kappa shape index (κ2) is 7.65. The van der Waals surface area contributed by atoms with E-state index in [1.165, 1.54) is 25.5 Å². The molecule has 2 N–H and O–H groups in total. The summed E-state index contributed by atoms with van der Waals surface area (Å²) in [5.41, 5.74) is 3.26. The molecule has 0 spiro atoms. The van der Waals surface area contributed by atoms with Gasteiger partial charge >= 0.3 is 0 Å². The average Bonchev–Trinajstić information content (AvgIpc) is 2.46. The zero-order chi connectivity index (χ0) is 14.2. The number of carbonyl (C=O) groups is 1. The van der Waals surface area contributed by atoms with Gasteiger partial charge in [0.1, 0.15) is 5.75 Å². The second-order valence-corrected chi connectivity index (χ2v) is 5.04. The van der Waals surface area contributed by atoms with Gasteiger partial charge in [0.2, 0.25) is 5.91 Å². The minimum Gasteiger partial charge on any atom is -0.508 e. The Bertz CT molecular complexity index is 468. The van der Waals surface area contributed by atoms with Gasteiger partial charge in [0.05, 0.1) is 6.21 Å². The first-order valence-electron chi connectivity index (χ1n) is 7.07. The molecule has 20 heavy (non-hydrogen) atoms. The fraction of sp³-hybridized carbons (Fsp3) is 0.467. The Kier molecular flexibility index (Phi) is 5.55. The van der Waals surface area contributed by atoms with Crippen molar-refractivity contribution in [1.29, 1.82) is 0 Å². The highest BCUT2D eigenvalue weighted by atomic mass is 16.3. The number of carbonyl (C=O) groups excluding carboxylic acids is 1. The average molecular weight is 275 g/mol. The van der Waals surface area contributed by atoms with Crippen molar-refractivity contribution in [3.8, 4) is 5.75 Å². The van der Waals surface area contributed by atoms with Crippen molar-refractivity contribution in [2.45, 2.75) is 25.7 Å². The van der Waals surface area contributed by atoms with Crippen LogP contribution in [0.3, 0.4) is 0 Å². The van der Waals surface area contributed by atoms with Crippen molar-refractivity contribution in [2.24, 2.45) is 5.10 Å². The predicted octanol–water partition coefficient (Wildman–Crippen LogP) is 1.72. The summed E-state index contributed by atoms with van der Waals surface area (Å²) >= 11 is 0. The number of piperidine rings is 1. The minimum atomic E-state index is -0.0769. The normalized spacial score (nSPS) is 16.4. The summed E-state index contributed by atoms with van der Waals surface area (Å²) in [6, 6.07) is 6.72. The van der Waals surface area contributed by atoms with Crippen LogP contribution in [0.4, 0.5) is 0 Å². The fourth-order valence-electron chi connectivity index (χ4n) is 2.28. The Morgan fingerprint density at radius 1 is 1.35 bits per heavy atom. The molecule has 0 atom stereocenters. The van der Waals surface area contributed by atoms with Crippen LogP contribution in [-0.4, -0.2) is 41.8 Å². The van der Waals surface area contributed by atoms with E-state index in [1.807, 2.05) is 6.07 Å². The summed E-state index contributed by atoms with van der Waals surface area (Å²) < 4.78 is 0. The maximum Gasteiger partial charge on any atom is 0.241 e. The number of nitrogens with one attached hydrogen (secondary N) is 1. The lowest BCUT2D eigenvalue weighted by Gasteiger charge is -2.25. The van der Waals surface area contributed by atoms with Crippen LogP contribution in [0.25, 0.3) is 0 Å². The van der Waals surface area contributed by atoms with E-state index in [0.717, 1.165) is 25.2 Å². The molecule has 5 heteroatoms. The molecule has 1 aliphatic heterocycles. The number of rotatable bonds is 5. The van der Waals surface area contributed by atoms with Gasteiger partial charge in [0.25, 0.3) is 0 Å². The number of nitrogens with zero attached hydrogens (tertiary/aromatic N) is 2. The molecule has 5 nitrogen and oxygen atoms in total. The number of likely N-dealkylation sites (tertiary alicyclic amines) is 1. The first kappa shape index (κ1) is 14.5. The van der Waals surface area contributed by atoms with Gasteiger partial charge in [-0.15, -0.1) is 0 Å². The zero-order valence-corrected chi connectivity index (χ0v) is 11.6. The highest BCUT2D eigenvalue weighted by molar-refractivity contribution is 5.82. The number of aromatic hydroxyl groups is 1. The number of amides is 1. The number of hydrogen-bond acceptors (Lipinski definition) is 4. The Morgan fingerprint density at radius 3 is 2.90 bits per heavy atom. The lowest BCUT2D eigenvalue weighted by Crippen LogP contribution is -2.33. The molecule has 1 heterocycles. The van der Waals surface area contributed by atoms with E-state index in [2.05, 4.69) is 15.4 Å². The molecular weight excluding hydrogens is 254 g/mol. The highest BCUT2D eigenvalue weighted by Crippen LogP contribution is 2.09. The number of hydrogen-bond donors (Lipinski definition) is 2. The molecule has 1 fully saturated rings. The first-order valence-corrected chi connectivity index (χ1v) is 7.07. The molecule has 0 radical (unpaired) electrons. The summed E-state index contributed by atoms with van der Waals surface area (Å²) in [7, 11) is 0. The van der Waals surface area contributed by atoms with Gasteiger partial charge in [0, 0.05) is 13.0 Å². The van der Waals surface area contributed by atoms with E-state index in [-0.39, 0.29) is 11.7 Å². The van der Waals surface area contributed by atoms with Crippen LogP contribution in [-0.2, 0) is 4.79 Å². The quantitative estimate of drug-likeness (QED) is 0.635. The lowest BCUT2D eigenvalue weighted by molar-refractivity contribution is -0.121. The van der Waals surface area contributed by atoms with E-state index in [0.29, 0.717) is 6.42 Å². The SMILES string of the molecule is O=C(CCN1CCCCC1)NN=Cc1cccc(O)c1. The van der Waals surface area contributed by atoms with Crippen LogP contribution < -0.4 is 5.43 Å². The fourth-order valence-corrected chi connectivity index (χ4v) is 2.28.